The molecule has 1 unspecified atom stereocenters. The molecule has 1 N–H and O–H groups in total. The molecule has 0 amide bonds. The highest BCUT2D eigenvalue weighted by atomic mass is 35.5. The van der Waals surface area contributed by atoms with Crippen molar-refractivity contribution in [3.63, 3.8) is 0 Å². The van der Waals surface area contributed by atoms with Crippen LogP contribution in [0.25, 0.3) is 0 Å². The summed E-state index contributed by atoms with van der Waals surface area (Å²) in [5.41, 5.74) is 0.992. The van der Waals surface area contributed by atoms with Crippen LogP contribution in [0, 0.1) is 5.41 Å². The van der Waals surface area contributed by atoms with Crippen molar-refractivity contribution < 1.29 is 5.11 Å². The Hall–Kier alpha value is -0.240. The minimum absolute atomic E-state index is 0.0473. The van der Waals surface area contributed by atoms with Crippen molar-refractivity contribution in [2.75, 3.05) is 0 Å². The van der Waals surface area contributed by atoms with Gasteiger partial charge in [-0.1, -0.05) is 55.1 Å². The summed E-state index contributed by atoms with van der Waals surface area (Å²) in [6.45, 7) is 2.17. The maximum Gasteiger partial charge on any atom is 0.0634 e. The predicted octanol–water partition coefficient (Wildman–Crippen LogP) is 4.48. The van der Waals surface area contributed by atoms with Crippen LogP contribution in [0.1, 0.15) is 38.2 Å². The topological polar surface area (TPSA) is 20.2 Å². The number of aliphatic hydroxyl groups excluding tert-OH is 1. The molecule has 2 rings (SSSR count). The Labute approximate surface area is 113 Å². The molecular formula is C14H18Cl2O. The van der Waals surface area contributed by atoms with E-state index in [0.29, 0.717) is 16.5 Å². The molecule has 1 aromatic carbocycles. The summed E-state index contributed by atoms with van der Waals surface area (Å²) >= 11 is 12.1. The van der Waals surface area contributed by atoms with Crippen LogP contribution in [0.3, 0.4) is 0 Å². The number of rotatable bonds is 3. The summed E-state index contributed by atoms with van der Waals surface area (Å²) in [6, 6.07) is 5.60. The molecule has 94 valence electrons. The molecule has 1 aliphatic carbocycles. The molecule has 0 heterocycles. The Bertz CT molecular complexity index is 397. The molecule has 0 spiro atoms. The minimum Gasteiger partial charge on any atom is -0.392 e. The van der Waals surface area contributed by atoms with Gasteiger partial charge >= 0.3 is 0 Å². The van der Waals surface area contributed by atoms with E-state index in [1.165, 1.54) is 12.8 Å². The van der Waals surface area contributed by atoms with Crippen LogP contribution in [0.5, 0.6) is 0 Å². The lowest BCUT2D eigenvalue weighted by Gasteiger charge is -2.30. The summed E-state index contributed by atoms with van der Waals surface area (Å²) < 4.78 is 0. The average Bonchev–Trinajstić information content (AvgIpc) is 2.73. The average molecular weight is 273 g/mol. The largest absolute Gasteiger partial charge is 0.392 e. The summed E-state index contributed by atoms with van der Waals surface area (Å²) in [5, 5.41) is 11.5. The second-order valence-corrected chi connectivity index (χ2v) is 6.08. The fourth-order valence-corrected chi connectivity index (χ4v) is 3.07. The van der Waals surface area contributed by atoms with Gasteiger partial charge in [0, 0.05) is 6.42 Å². The van der Waals surface area contributed by atoms with E-state index in [1.54, 1.807) is 6.07 Å². The third-order valence-electron chi connectivity index (χ3n) is 4.00. The lowest BCUT2D eigenvalue weighted by Crippen LogP contribution is -2.31. The number of hydrogen-bond donors (Lipinski definition) is 1. The lowest BCUT2D eigenvalue weighted by molar-refractivity contribution is 0.0424. The summed E-state index contributed by atoms with van der Waals surface area (Å²) in [4.78, 5) is 0. The monoisotopic (exact) mass is 272 g/mol. The van der Waals surface area contributed by atoms with Crippen LogP contribution in [0.4, 0.5) is 0 Å². The van der Waals surface area contributed by atoms with Crippen molar-refractivity contribution in [1.29, 1.82) is 0 Å². The number of benzene rings is 1. The van der Waals surface area contributed by atoms with Gasteiger partial charge in [0.15, 0.2) is 0 Å². The van der Waals surface area contributed by atoms with Crippen molar-refractivity contribution in [2.24, 2.45) is 5.41 Å². The zero-order valence-electron chi connectivity index (χ0n) is 10.0. The van der Waals surface area contributed by atoms with Crippen LogP contribution in [-0.2, 0) is 6.42 Å². The summed E-state index contributed by atoms with van der Waals surface area (Å²) in [7, 11) is 0. The first-order valence-electron chi connectivity index (χ1n) is 6.14. The quantitative estimate of drug-likeness (QED) is 0.861. The van der Waals surface area contributed by atoms with Crippen molar-refractivity contribution >= 4 is 23.2 Å². The molecule has 0 radical (unpaired) electrons. The lowest BCUT2D eigenvalue weighted by atomic mass is 9.80. The summed E-state index contributed by atoms with van der Waals surface area (Å²) in [6.07, 6.45) is 4.91. The van der Waals surface area contributed by atoms with E-state index in [4.69, 9.17) is 23.2 Å². The van der Waals surface area contributed by atoms with E-state index in [0.717, 1.165) is 18.4 Å². The van der Waals surface area contributed by atoms with E-state index >= 15 is 0 Å². The van der Waals surface area contributed by atoms with Gasteiger partial charge < -0.3 is 5.11 Å². The first kappa shape index (κ1) is 13.2. The SMILES string of the molecule is CC1(C(O)Cc2cccc(Cl)c2Cl)CCCC1. The Morgan fingerprint density at radius 2 is 1.94 bits per heavy atom. The first-order valence-corrected chi connectivity index (χ1v) is 6.89. The maximum absolute atomic E-state index is 10.4. The Morgan fingerprint density at radius 1 is 1.29 bits per heavy atom. The number of halogens is 2. The molecule has 1 aliphatic rings. The third-order valence-corrected chi connectivity index (χ3v) is 4.85. The molecule has 0 aromatic heterocycles. The van der Waals surface area contributed by atoms with E-state index in [1.807, 2.05) is 12.1 Å². The normalized spacial score (nSPS) is 20.5. The van der Waals surface area contributed by atoms with Gasteiger partial charge in [0.1, 0.15) is 0 Å². The van der Waals surface area contributed by atoms with Crippen molar-refractivity contribution in [2.45, 2.75) is 45.1 Å². The minimum atomic E-state index is -0.332. The highest BCUT2D eigenvalue weighted by Gasteiger charge is 2.36. The number of aliphatic hydroxyl groups is 1. The Morgan fingerprint density at radius 3 is 2.59 bits per heavy atom. The van der Waals surface area contributed by atoms with Gasteiger partial charge in [-0.3, -0.25) is 0 Å². The highest BCUT2D eigenvalue weighted by molar-refractivity contribution is 6.42. The zero-order valence-corrected chi connectivity index (χ0v) is 11.6. The van der Waals surface area contributed by atoms with Gasteiger partial charge in [0.05, 0.1) is 16.1 Å². The second-order valence-electron chi connectivity index (χ2n) is 5.29. The highest BCUT2D eigenvalue weighted by Crippen LogP contribution is 2.42. The molecule has 17 heavy (non-hydrogen) atoms. The van der Waals surface area contributed by atoms with Gasteiger partial charge in [-0.25, -0.2) is 0 Å². The predicted molar refractivity (Wildman–Crippen MR) is 72.7 cm³/mol. The van der Waals surface area contributed by atoms with Gasteiger partial charge in [-0.2, -0.15) is 0 Å². The van der Waals surface area contributed by atoms with E-state index in [9.17, 15) is 5.11 Å². The van der Waals surface area contributed by atoms with Gasteiger partial charge in [-0.15, -0.1) is 0 Å². The smallest absolute Gasteiger partial charge is 0.0634 e. The second kappa shape index (κ2) is 5.17. The Kier molecular flexibility index (Phi) is 4.02. The van der Waals surface area contributed by atoms with Crippen LogP contribution < -0.4 is 0 Å². The molecule has 3 heteroatoms. The molecule has 0 saturated heterocycles. The molecule has 1 aromatic rings. The molecule has 1 saturated carbocycles. The first-order chi connectivity index (χ1) is 8.03. The van der Waals surface area contributed by atoms with Crippen LogP contribution in [-0.4, -0.2) is 11.2 Å². The molecular weight excluding hydrogens is 255 g/mol. The summed E-state index contributed by atoms with van der Waals surface area (Å²) in [5.74, 6) is 0. The van der Waals surface area contributed by atoms with Gasteiger partial charge in [-0.05, 0) is 29.9 Å². The van der Waals surface area contributed by atoms with Crippen LogP contribution in [0.2, 0.25) is 10.0 Å². The third kappa shape index (κ3) is 2.78. The molecule has 0 aliphatic heterocycles. The molecule has 0 bridgehead atoms. The number of hydrogen-bond acceptors (Lipinski definition) is 1. The van der Waals surface area contributed by atoms with Crippen molar-refractivity contribution in [3.05, 3.63) is 33.8 Å². The zero-order chi connectivity index (χ0) is 12.5. The van der Waals surface area contributed by atoms with Crippen molar-refractivity contribution in [1.82, 2.24) is 0 Å². The fourth-order valence-electron chi connectivity index (χ4n) is 2.68. The standard InChI is InChI=1S/C14H18Cl2O/c1-14(7-2-3-8-14)12(17)9-10-5-4-6-11(15)13(10)16/h4-6,12,17H,2-3,7-9H2,1H3. The fraction of sp³-hybridized carbons (Fsp3) is 0.571. The van der Waals surface area contributed by atoms with E-state index in [2.05, 4.69) is 6.92 Å². The van der Waals surface area contributed by atoms with E-state index < -0.39 is 0 Å². The van der Waals surface area contributed by atoms with Gasteiger partial charge in [0.2, 0.25) is 0 Å². The maximum atomic E-state index is 10.4. The van der Waals surface area contributed by atoms with Crippen LogP contribution >= 0.6 is 23.2 Å². The van der Waals surface area contributed by atoms with Crippen molar-refractivity contribution in [3.8, 4) is 0 Å². The van der Waals surface area contributed by atoms with E-state index in [-0.39, 0.29) is 11.5 Å². The Balaban J connectivity index is 2.12. The molecule has 1 nitrogen and oxygen atoms in total. The molecule has 1 fully saturated rings. The van der Waals surface area contributed by atoms with Gasteiger partial charge in [0.25, 0.3) is 0 Å². The molecule has 1 atom stereocenters. The van der Waals surface area contributed by atoms with Crippen LogP contribution in [0.15, 0.2) is 18.2 Å².